The zero-order chi connectivity index (χ0) is 17.8. The maximum atomic E-state index is 12.8. The fraction of sp³-hybridized carbons (Fsp3) is 0.556. The maximum Gasteiger partial charge on any atom is 0.227 e. The van der Waals surface area contributed by atoms with E-state index in [1.807, 2.05) is 31.7 Å². The molecule has 7 heteroatoms. The van der Waals surface area contributed by atoms with Crippen LogP contribution in [0.5, 0.6) is 0 Å². The first-order valence-corrected chi connectivity index (χ1v) is 8.57. The molecule has 1 saturated heterocycles. The van der Waals surface area contributed by atoms with Gasteiger partial charge in [0.1, 0.15) is 12.1 Å². The lowest BCUT2D eigenvalue weighted by atomic mass is 10.0. The Labute approximate surface area is 147 Å². The number of ether oxygens (including phenoxy) is 1. The van der Waals surface area contributed by atoms with E-state index in [0.29, 0.717) is 38.5 Å². The molecule has 0 aromatic carbocycles. The Morgan fingerprint density at radius 1 is 1.32 bits per heavy atom. The number of carbonyl (C=O) groups excluding carboxylic acids is 1. The lowest BCUT2D eigenvalue weighted by Crippen LogP contribution is -2.37. The largest absolute Gasteiger partial charge is 0.379 e. The van der Waals surface area contributed by atoms with E-state index < -0.39 is 0 Å². The van der Waals surface area contributed by atoms with Crippen molar-refractivity contribution in [2.75, 3.05) is 26.3 Å². The molecule has 0 spiro atoms. The van der Waals surface area contributed by atoms with Gasteiger partial charge in [0.05, 0.1) is 25.3 Å². The molecular weight excluding hydrogens is 320 g/mol. The van der Waals surface area contributed by atoms with E-state index in [9.17, 15) is 4.79 Å². The first-order chi connectivity index (χ1) is 12.0. The van der Waals surface area contributed by atoms with Crippen molar-refractivity contribution in [1.29, 1.82) is 0 Å². The van der Waals surface area contributed by atoms with Crippen molar-refractivity contribution < 1.29 is 14.1 Å². The molecule has 2 aromatic rings. The fourth-order valence-electron chi connectivity index (χ4n) is 3.16. The Bertz CT molecular complexity index is 724. The normalized spacial score (nSPS) is 18.2. The molecule has 3 heterocycles. The summed E-state index contributed by atoms with van der Waals surface area (Å²) in [5.41, 5.74) is 3.61. The predicted molar refractivity (Wildman–Crippen MR) is 91.0 cm³/mol. The zero-order valence-corrected chi connectivity index (χ0v) is 15.0. The van der Waals surface area contributed by atoms with Gasteiger partial charge in [0.2, 0.25) is 5.91 Å². The number of hydrogen-bond donors (Lipinski definition) is 0. The monoisotopic (exact) mass is 344 g/mol. The molecule has 1 aliphatic heterocycles. The Morgan fingerprint density at radius 3 is 2.88 bits per heavy atom. The minimum Gasteiger partial charge on any atom is -0.379 e. The lowest BCUT2D eigenvalue weighted by Gasteiger charge is -2.23. The van der Waals surface area contributed by atoms with Crippen LogP contribution in [0.1, 0.15) is 28.4 Å². The molecule has 1 fully saturated rings. The Kier molecular flexibility index (Phi) is 5.43. The summed E-state index contributed by atoms with van der Waals surface area (Å²) < 4.78 is 10.9. The topological polar surface area (TPSA) is 81.4 Å². The van der Waals surface area contributed by atoms with Crippen LogP contribution < -0.4 is 0 Å². The van der Waals surface area contributed by atoms with E-state index in [2.05, 4.69) is 15.1 Å². The predicted octanol–water partition coefficient (Wildman–Crippen LogP) is 1.65. The van der Waals surface area contributed by atoms with E-state index >= 15 is 0 Å². The van der Waals surface area contributed by atoms with Crippen LogP contribution in [0.3, 0.4) is 0 Å². The highest BCUT2D eigenvalue weighted by Crippen LogP contribution is 2.17. The summed E-state index contributed by atoms with van der Waals surface area (Å²) in [5, 5.41) is 3.93. The first kappa shape index (κ1) is 17.5. The van der Waals surface area contributed by atoms with Crippen molar-refractivity contribution >= 4 is 5.91 Å². The number of amides is 1. The third kappa shape index (κ3) is 4.42. The summed E-state index contributed by atoms with van der Waals surface area (Å²) in [6.45, 7) is 8.14. The summed E-state index contributed by atoms with van der Waals surface area (Å²) in [4.78, 5) is 23.1. The van der Waals surface area contributed by atoms with Crippen LogP contribution >= 0.6 is 0 Å². The molecule has 0 N–H and O–H groups in total. The smallest absolute Gasteiger partial charge is 0.227 e. The van der Waals surface area contributed by atoms with Crippen molar-refractivity contribution in [3.8, 4) is 0 Å². The molecule has 0 saturated carbocycles. The fourth-order valence-corrected chi connectivity index (χ4v) is 3.16. The number of aromatic nitrogens is 3. The summed E-state index contributed by atoms with van der Waals surface area (Å²) in [5.74, 6) is 1.03. The van der Waals surface area contributed by atoms with Gasteiger partial charge in [0.15, 0.2) is 0 Å². The molecule has 25 heavy (non-hydrogen) atoms. The first-order valence-electron chi connectivity index (χ1n) is 8.57. The molecule has 2 aromatic heterocycles. The van der Waals surface area contributed by atoms with Crippen molar-refractivity contribution in [3.05, 3.63) is 40.8 Å². The van der Waals surface area contributed by atoms with Gasteiger partial charge in [-0.3, -0.25) is 4.79 Å². The van der Waals surface area contributed by atoms with Crippen LogP contribution in [0, 0.1) is 26.7 Å². The summed E-state index contributed by atoms with van der Waals surface area (Å²) in [6, 6.07) is 1.99. The lowest BCUT2D eigenvalue weighted by molar-refractivity contribution is -0.130. The van der Waals surface area contributed by atoms with Gasteiger partial charge in [-0.1, -0.05) is 5.16 Å². The molecule has 0 radical (unpaired) electrons. The van der Waals surface area contributed by atoms with Crippen molar-refractivity contribution in [2.45, 2.75) is 33.6 Å². The van der Waals surface area contributed by atoms with Crippen molar-refractivity contribution in [2.24, 2.45) is 5.92 Å². The summed E-state index contributed by atoms with van der Waals surface area (Å²) >= 11 is 0. The van der Waals surface area contributed by atoms with Gasteiger partial charge in [-0.05, 0) is 33.3 Å². The van der Waals surface area contributed by atoms with E-state index in [1.54, 1.807) is 6.33 Å². The highest BCUT2D eigenvalue weighted by atomic mass is 16.5. The van der Waals surface area contributed by atoms with Crippen LogP contribution in [0.15, 0.2) is 16.9 Å². The van der Waals surface area contributed by atoms with E-state index in [1.165, 1.54) is 0 Å². The molecule has 3 rings (SSSR count). The third-order valence-corrected chi connectivity index (χ3v) is 4.56. The second-order valence-electron chi connectivity index (χ2n) is 6.62. The highest BCUT2D eigenvalue weighted by Gasteiger charge is 2.25. The number of rotatable bonds is 4. The molecule has 1 amide bonds. The number of hydrogen-bond acceptors (Lipinski definition) is 6. The Hall–Kier alpha value is -2.28. The maximum absolute atomic E-state index is 12.8. The average Bonchev–Trinajstić information content (AvgIpc) is 2.78. The second kappa shape index (κ2) is 7.74. The molecule has 1 aliphatic rings. The van der Waals surface area contributed by atoms with Gasteiger partial charge in [0.25, 0.3) is 0 Å². The van der Waals surface area contributed by atoms with Gasteiger partial charge in [0, 0.05) is 36.0 Å². The van der Waals surface area contributed by atoms with Gasteiger partial charge >= 0.3 is 0 Å². The third-order valence-electron chi connectivity index (χ3n) is 4.56. The molecule has 7 nitrogen and oxygen atoms in total. The number of carbonyl (C=O) groups is 1. The summed E-state index contributed by atoms with van der Waals surface area (Å²) in [6.07, 6.45) is 2.68. The quantitative estimate of drug-likeness (QED) is 0.839. The minimum atomic E-state index is 0.0868. The Balaban J connectivity index is 1.66. The standard InChI is InChI=1S/C18H24N4O3/c1-12-6-16(20-11-19-12)7-15-9-22(4-5-24-10-15)18(23)8-17-13(2)21-25-14(17)3/h6,11,15H,4-5,7-10H2,1-3H3. The molecule has 1 unspecified atom stereocenters. The van der Waals surface area contributed by atoms with E-state index in [-0.39, 0.29) is 11.8 Å². The van der Waals surface area contributed by atoms with Crippen LogP contribution in [0.2, 0.25) is 0 Å². The van der Waals surface area contributed by atoms with Crippen LogP contribution in [-0.2, 0) is 22.4 Å². The zero-order valence-electron chi connectivity index (χ0n) is 15.0. The SMILES string of the molecule is Cc1cc(CC2COCCN(C(=O)Cc3c(C)noc3C)C2)ncn1. The van der Waals surface area contributed by atoms with Gasteiger partial charge in [-0.2, -0.15) is 0 Å². The average molecular weight is 344 g/mol. The van der Waals surface area contributed by atoms with Crippen LogP contribution in [-0.4, -0.2) is 52.2 Å². The van der Waals surface area contributed by atoms with Crippen molar-refractivity contribution in [3.63, 3.8) is 0 Å². The van der Waals surface area contributed by atoms with Gasteiger partial charge in [-0.25, -0.2) is 9.97 Å². The second-order valence-corrected chi connectivity index (χ2v) is 6.62. The van der Waals surface area contributed by atoms with E-state index in [4.69, 9.17) is 9.26 Å². The van der Waals surface area contributed by atoms with Crippen molar-refractivity contribution in [1.82, 2.24) is 20.0 Å². The van der Waals surface area contributed by atoms with E-state index in [0.717, 1.165) is 29.1 Å². The van der Waals surface area contributed by atoms with Gasteiger partial charge in [-0.15, -0.1) is 0 Å². The molecule has 1 atom stereocenters. The molecular formula is C18H24N4O3. The molecule has 0 bridgehead atoms. The molecule has 0 aliphatic carbocycles. The minimum absolute atomic E-state index is 0.0868. The summed E-state index contributed by atoms with van der Waals surface area (Å²) in [7, 11) is 0. The van der Waals surface area contributed by atoms with Crippen LogP contribution in [0.25, 0.3) is 0 Å². The van der Waals surface area contributed by atoms with Gasteiger partial charge < -0.3 is 14.2 Å². The molecule has 134 valence electrons. The number of aryl methyl sites for hydroxylation is 3. The highest BCUT2D eigenvalue weighted by molar-refractivity contribution is 5.79. The Morgan fingerprint density at radius 2 is 2.16 bits per heavy atom. The number of nitrogens with zero attached hydrogens (tertiary/aromatic N) is 4. The van der Waals surface area contributed by atoms with Crippen LogP contribution in [0.4, 0.5) is 0 Å².